The second-order valence-electron chi connectivity index (χ2n) is 2.74. The number of hydrogen-bond acceptors (Lipinski definition) is 3. The Balaban J connectivity index is 3.15. The highest BCUT2D eigenvalue weighted by Gasteiger charge is 2.49. The van der Waals surface area contributed by atoms with Crippen molar-refractivity contribution < 1.29 is 9.59 Å². The van der Waals surface area contributed by atoms with E-state index < -0.39 is 21.9 Å². The average Bonchev–Trinajstić information content (AvgIpc) is 2.12. The maximum atomic E-state index is 11.3. The molecule has 14 heavy (non-hydrogen) atoms. The monoisotopic (exact) mass is 254 g/mol. The molecule has 2 unspecified atom stereocenters. The molecule has 0 spiro atoms. The van der Waals surface area contributed by atoms with Crippen LogP contribution in [0.3, 0.4) is 0 Å². The number of amides is 1. The molecule has 0 saturated carbocycles. The number of alkyl halides is 1. The SMILES string of the molecule is CC(C(=O)Cl)C1(Cl)C(=O)N=NC=C1Cl. The lowest BCUT2D eigenvalue weighted by Crippen LogP contribution is -2.42. The standard InChI is InChI=1S/C7H5Cl3N2O2/c1-3(5(9)13)7(10)4(8)2-11-12-6(7)14/h2-3H,1H3. The summed E-state index contributed by atoms with van der Waals surface area (Å²) < 4.78 is 0. The Kier molecular flexibility index (Phi) is 3.29. The first-order valence-electron chi connectivity index (χ1n) is 3.60. The molecule has 0 aromatic heterocycles. The van der Waals surface area contributed by atoms with E-state index in [4.69, 9.17) is 34.8 Å². The highest BCUT2D eigenvalue weighted by molar-refractivity contribution is 6.65. The minimum atomic E-state index is -1.71. The van der Waals surface area contributed by atoms with Crippen molar-refractivity contribution in [1.29, 1.82) is 0 Å². The maximum Gasteiger partial charge on any atom is 0.291 e. The van der Waals surface area contributed by atoms with Gasteiger partial charge in [0.15, 0.2) is 4.87 Å². The van der Waals surface area contributed by atoms with Crippen molar-refractivity contribution in [1.82, 2.24) is 0 Å². The third-order valence-corrected chi connectivity index (χ3v) is 3.43. The summed E-state index contributed by atoms with van der Waals surface area (Å²) >= 11 is 16.9. The van der Waals surface area contributed by atoms with Gasteiger partial charge in [-0.1, -0.05) is 18.5 Å². The molecule has 1 amide bonds. The quantitative estimate of drug-likeness (QED) is 0.562. The van der Waals surface area contributed by atoms with Gasteiger partial charge in [-0.3, -0.25) is 9.59 Å². The summed E-state index contributed by atoms with van der Waals surface area (Å²) in [6.45, 7) is 1.40. The molecule has 0 aromatic rings. The predicted octanol–water partition coefficient (Wildman–Crippen LogP) is 2.44. The summed E-state index contributed by atoms with van der Waals surface area (Å²) in [4.78, 5) is 20.5. The van der Waals surface area contributed by atoms with Gasteiger partial charge in [-0.05, 0) is 11.6 Å². The van der Waals surface area contributed by atoms with Crippen LogP contribution in [-0.2, 0) is 9.59 Å². The van der Waals surface area contributed by atoms with Gasteiger partial charge < -0.3 is 0 Å². The van der Waals surface area contributed by atoms with Crippen molar-refractivity contribution in [2.45, 2.75) is 11.8 Å². The molecular weight excluding hydrogens is 250 g/mol. The van der Waals surface area contributed by atoms with Crippen LogP contribution in [-0.4, -0.2) is 16.0 Å². The number of nitrogens with zero attached hydrogens (tertiary/aromatic N) is 2. The Hall–Kier alpha value is -0.450. The van der Waals surface area contributed by atoms with Crippen molar-refractivity contribution in [2.24, 2.45) is 16.1 Å². The van der Waals surface area contributed by atoms with Gasteiger partial charge in [-0.15, -0.1) is 16.7 Å². The van der Waals surface area contributed by atoms with E-state index in [0.29, 0.717) is 0 Å². The molecule has 4 nitrogen and oxygen atoms in total. The summed E-state index contributed by atoms with van der Waals surface area (Å²) in [5.41, 5.74) is 0. The molecular formula is C7H5Cl3N2O2. The fourth-order valence-corrected chi connectivity index (χ4v) is 1.64. The first-order valence-corrected chi connectivity index (χ1v) is 4.73. The van der Waals surface area contributed by atoms with Crippen molar-refractivity contribution in [3.8, 4) is 0 Å². The molecule has 76 valence electrons. The molecule has 1 rings (SSSR count). The zero-order chi connectivity index (χ0) is 10.9. The molecule has 0 aliphatic carbocycles. The smallest absolute Gasteiger partial charge is 0.281 e. The molecule has 1 aliphatic rings. The van der Waals surface area contributed by atoms with Gasteiger partial charge >= 0.3 is 0 Å². The average molecular weight is 255 g/mol. The van der Waals surface area contributed by atoms with Crippen LogP contribution < -0.4 is 0 Å². The summed E-state index contributed by atoms with van der Waals surface area (Å²) in [5, 5.41) is 5.73. The molecule has 0 saturated heterocycles. The Morgan fingerprint density at radius 3 is 2.64 bits per heavy atom. The topological polar surface area (TPSA) is 58.9 Å². The van der Waals surface area contributed by atoms with E-state index in [-0.39, 0.29) is 5.03 Å². The zero-order valence-electron chi connectivity index (χ0n) is 7.00. The number of halogens is 3. The highest BCUT2D eigenvalue weighted by Crippen LogP contribution is 2.40. The lowest BCUT2D eigenvalue weighted by Gasteiger charge is -2.27. The molecule has 2 atom stereocenters. The van der Waals surface area contributed by atoms with E-state index in [0.717, 1.165) is 6.20 Å². The van der Waals surface area contributed by atoms with E-state index >= 15 is 0 Å². The number of hydrogen-bond donors (Lipinski definition) is 0. The molecule has 1 aliphatic heterocycles. The van der Waals surface area contributed by atoms with Gasteiger partial charge in [-0.25, -0.2) is 0 Å². The van der Waals surface area contributed by atoms with Gasteiger partial charge in [-0.2, -0.15) is 5.11 Å². The number of azo groups is 1. The Morgan fingerprint density at radius 2 is 2.21 bits per heavy atom. The number of carbonyl (C=O) groups is 2. The predicted molar refractivity (Wildman–Crippen MR) is 52.4 cm³/mol. The minimum absolute atomic E-state index is 0.0549. The Labute approximate surface area is 94.9 Å². The van der Waals surface area contributed by atoms with Crippen molar-refractivity contribution in [2.75, 3.05) is 0 Å². The molecule has 0 aromatic carbocycles. The van der Waals surface area contributed by atoms with Gasteiger partial charge in [0.2, 0.25) is 5.24 Å². The lowest BCUT2D eigenvalue weighted by molar-refractivity contribution is -0.125. The first kappa shape index (κ1) is 11.6. The van der Waals surface area contributed by atoms with Crippen LogP contribution >= 0.6 is 34.8 Å². The van der Waals surface area contributed by atoms with Crippen LogP contribution in [0.2, 0.25) is 0 Å². The van der Waals surface area contributed by atoms with Crippen LogP contribution in [0.5, 0.6) is 0 Å². The maximum absolute atomic E-state index is 11.3. The largest absolute Gasteiger partial charge is 0.291 e. The fourth-order valence-electron chi connectivity index (χ4n) is 0.949. The summed E-state index contributed by atoms with van der Waals surface area (Å²) in [6, 6.07) is 0. The van der Waals surface area contributed by atoms with Gasteiger partial charge in [0, 0.05) is 0 Å². The molecule has 0 bridgehead atoms. The van der Waals surface area contributed by atoms with Gasteiger partial charge in [0.25, 0.3) is 5.91 Å². The first-order chi connectivity index (χ1) is 6.40. The fraction of sp³-hybridized carbons (Fsp3) is 0.429. The van der Waals surface area contributed by atoms with Crippen LogP contribution in [0.1, 0.15) is 6.92 Å². The van der Waals surface area contributed by atoms with Gasteiger partial charge in [0.05, 0.1) is 17.2 Å². The molecule has 0 N–H and O–H groups in total. The van der Waals surface area contributed by atoms with E-state index in [1.165, 1.54) is 6.92 Å². The van der Waals surface area contributed by atoms with Crippen LogP contribution in [0, 0.1) is 5.92 Å². The van der Waals surface area contributed by atoms with Crippen molar-refractivity contribution >= 4 is 46.0 Å². The van der Waals surface area contributed by atoms with Crippen LogP contribution in [0.25, 0.3) is 0 Å². The second-order valence-corrected chi connectivity index (χ2v) is 4.11. The lowest BCUT2D eigenvalue weighted by atomic mass is 9.92. The van der Waals surface area contributed by atoms with E-state index in [1.807, 2.05) is 0 Å². The highest BCUT2D eigenvalue weighted by atomic mass is 35.5. The molecule has 1 heterocycles. The summed E-state index contributed by atoms with van der Waals surface area (Å²) in [7, 11) is 0. The van der Waals surface area contributed by atoms with Gasteiger partial charge in [0.1, 0.15) is 0 Å². The minimum Gasteiger partial charge on any atom is -0.281 e. The van der Waals surface area contributed by atoms with Crippen LogP contribution in [0.4, 0.5) is 0 Å². The zero-order valence-corrected chi connectivity index (χ0v) is 9.27. The Morgan fingerprint density at radius 1 is 1.64 bits per heavy atom. The van der Waals surface area contributed by atoms with Crippen molar-refractivity contribution in [3.05, 3.63) is 11.2 Å². The van der Waals surface area contributed by atoms with E-state index in [9.17, 15) is 9.59 Å². The summed E-state index contributed by atoms with van der Waals surface area (Å²) in [5.74, 6) is -1.74. The second kappa shape index (κ2) is 3.96. The molecule has 7 heteroatoms. The van der Waals surface area contributed by atoms with Crippen molar-refractivity contribution in [3.63, 3.8) is 0 Å². The van der Waals surface area contributed by atoms with E-state index in [1.54, 1.807) is 0 Å². The molecule has 0 fully saturated rings. The molecule has 0 radical (unpaired) electrons. The van der Waals surface area contributed by atoms with Crippen LogP contribution in [0.15, 0.2) is 21.5 Å². The third-order valence-electron chi connectivity index (χ3n) is 1.92. The van der Waals surface area contributed by atoms with E-state index in [2.05, 4.69) is 10.2 Å². The number of carbonyl (C=O) groups excluding carboxylic acids is 2. The normalized spacial score (nSPS) is 28.6. The summed E-state index contributed by atoms with van der Waals surface area (Å²) in [6.07, 6.45) is 1.12. The Bertz CT molecular complexity index is 353. The number of rotatable bonds is 2. The third kappa shape index (κ3) is 1.69.